The molecule has 0 heterocycles. The number of carbonyl (C=O) groups excluding carboxylic acids is 2. The third-order valence-electron chi connectivity index (χ3n) is 3.10. The van der Waals surface area contributed by atoms with Gasteiger partial charge in [0.15, 0.2) is 0 Å². The number of unbranched alkanes of at least 4 members (excludes halogenated alkanes) is 1. The number of carbonyl (C=O) groups is 2. The van der Waals surface area contributed by atoms with Crippen LogP contribution >= 0.6 is 0 Å². The Bertz CT molecular complexity index is 387. The van der Waals surface area contributed by atoms with Crippen LogP contribution in [0.15, 0.2) is 24.3 Å². The second kappa shape index (κ2) is 11.8. The third-order valence-corrected chi connectivity index (χ3v) is 3.10. The average Bonchev–Trinajstić information content (AvgIpc) is 2.48. The summed E-state index contributed by atoms with van der Waals surface area (Å²) < 4.78 is 10.2. The fourth-order valence-corrected chi connectivity index (χ4v) is 1.74. The first-order valence-corrected chi connectivity index (χ1v) is 7.79. The number of hydrogen-bond acceptors (Lipinski definition) is 6. The molecule has 0 spiro atoms. The van der Waals surface area contributed by atoms with E-state index in [0.717, 1.165) is 0 Å². The molecule has 132 valence electrons. The molecule has 0 saturated carbocycles. The van der Waals surface area contributed by atoms with Crippen molar-refractivity contribution in [3.05, 3.63) is 24.3 Å². The van der Waals surface area contributed by atoms with E-state index in [0.29, 0.717) is 38.5 Å². The van der Waals surface area contributed by atoms with Crippen molar-refractivity contribution in [3.8, 4) is 0 Å². The van der Waals surface area contributed by atoms with Gasteiger partial charge in [0.1, 0.15) is 0 Å². The molecule has 0 aromatic heterocycles. The van der Waals surface area contributed by atoms with Gasteiger partial charge in [-0.3, -0.25) is 0 Å². The first kappa shape index (κ1) is 21.3. The molecule has 6 heteroatoms. The standard InChI is InChI=1S/C17H28O6/c1-12(2)16(20)22-15(23-17(21)13(3)4)10-6-5-8-14(19)9-7-11-18/h14-15,18-19H,1,3,5-11H2,2,4H3. The summed E-state index contributed by atoms with van der Waals surface area (Å²) in [6.45, 7) is 10.1. The number of rotatable bonds is 12. The van der Waals surface area contributed by atoms with Crippen molar-refractivity contribution in [2.45, 2.75) is 64.8 Å². The predicted octanol–water partition coefficient (Wildman–Crippen LogP) is 2.24. The summed E-state index contributed by atoms with van der Waals surface area (Å²) in [6, 6.07) is 0. The average molecular weight is 328 g/mol. The van der Waals surface area contributed by atoms with Gasteiger partial charge in [0.05, 0.1) is 6.10 Å². The van der Waals surface area contributed by atoms with Gasteiger partial charge in [-0.2, -0.15) is 0 Å². The summed E-state index contributed by atoms with van der Waals surface area (Å²) in [4.78, 5) is 23.1. The van der Waals surface area contributed by atoms with Gasteiger partial charge in [-0.1, -0.05) is 19.6 Å². The first-order chi connectivity index (χ1) is 10.8. The third kappa shape index (κ3) is 10.7. The second-order valence-electron chi connectivity index (χ2n) is 5.60. The highest BCUT2D eigenvalue weighted by atomic mass is 16.7. The minimum atomic E-state index is -0.988. The molecule has 0 aromatic rings. The van der Waals surface area contributed by atoms with Crippen LogP contribution in [0.5, 0.6) is 0 Å². The Kier molecular flexibility index (Phi) is 11.0. The second-order valence-corrected chi connectivity index (χ2v) is 5.60. The molecule has 1 atom stereocenters. The van der Waals surface area contributed by atoms with Gasteiger partial charge in [0, 0.05) is 24.2 Å². The minimum absolute atomic E-state index is 0.0623. The van der Waals surface area contributed by atoms with Gasteiger partial charge in [-0.15, -0.1) is 0 Å². The fraction of sp³-hybridized carbons (Fsp3) is 0.647. The van der Waals surface area contributed by atoms with E-state index in [1.165, 1.54) is 13.8 Å². The lowest BCUT2D eigenvalue weighted by atomic mass is 10.1. The monoisotopic (exact) mass is 328 g/mol. The van der Waals surface area contributed by atoms with Gasteiger partial charge in [0.2, 0.25) is 6.29 Å². The highest BCUT2D eigenvalue weighted by Gasteiger charge is 2.19. The van der Waals surface area contributed by atoms with Crippen LogP contribution in [0.4, 0.5) is 0 Å². The Labute approximate surface area is 137 Å². The SMILES string of the molecule is C=C(C)C(=O)OC(CCCCC(O)CCCO)OC(=O)C(=C)C. The van der Waals surface area contributed by atoms with Crippen LogP contribution in [0.25, 0.3) is 0 Å². The zero-order chi connectivity index (χ0) is 17.8. The molecular formula is C17H28O6. The summed E-state index contributed by atoms with van der Waals surface area (Å²) in [5, 5.41) is 18.4. The molecule has 0 bridgehead atoms. The van der Waals surface area contributed by atoms with Crippen molar-refractivity contribution in [2.75, 3.05) is 6.61 Å². The summed E-state index contributed by atoms with van der Waals surface area (Å²) in [6.07, 6.45) is 1.90. The van der Waals surface area contributed by atoms with E-state index < -0.39 is 24.3 Å². The number of esters is 2. The number of hydrogen-bond donors (Lipinski definition) is 2. The van der Waals surface area contributed by atoms with Gasteiger partial charge < -0.3 is 19.7 Å². The van der Waals surface area contributed by atoms with E-state index in [1.807, 2.05) is 0 Å². The summed E-state index contributed by atoms with van der Waals surface area (Å²) >= 11 is 0. The van der Waals surface area contributed by atoms with Crippen molar-refractivity contribution in [1.82, 2.24) is 0 Å². The van der Waals surface area contributed by atoms with Crippen LogP contribution in [0.3, 0.4) is 0 Å². The molecule has 0 aliphatic heterocycles. The summed E-state index contributed by atoms with van der Waals surface area (Å²) in [5.74, 6) is -1.24. The van der Waals surface area contributed by atoms with Crippen LogP contribution in [-0.4, -0.2) is 41.2 Å². The molecule has 0 fully saturated rings. The zero-order valence-corrected chi connectivity index (χ0v) is 14.0. The van der Waals surface area contributed by atoms with Crippen molar-refractivity contribution in [1.29, 1.82) is 0 Å². The quantitative estimate of drug-likeness (QED) is 0.247. The molecule has 1 unspecified atom stereocenters. The lowest BCUT2D eigenvalue weighted by molar-refractivity contribution is -0.183. The van der Waals surface area contributed by atoms with Crippen LogP contribution in [0.2, 0.25) is 0 Å². The lowest BCUT2D eigenvalue weighted by Crippen LogP contribution is -2.25. The molecule has 0 aliphatic rings. The molecule has 0 amide bonds. The Morgan fingerprint density at radius 3 is 1.78 bits per heavy atom. The predicted molar refractivity (Wildman–Crippen MR) is 86.4 cm³/mol. The summed E-state index contributed by atoms with van der Waals surface area (Å²) in [7, 11) is 0. The van der Waals surface area contributed by atoms with Gasteiger partial charge >= 0.3 is 11.9 Å². The lowest BCUT2D eigenvalue weighted by Gasteiger charge is -2.18. The normalized spacial score (nSPS) is 11.9. The smallest absolute Gasteiger partial charge is 0.336 e. The molecule has 2 N–H and O–H groups in total. The van der Waals surface area contributed by atoms with Crippen LogP contribution in [-0.2, 0) is 19.1 Å². The molecule has 6 nitrogen and oxygen atoms in total. The zero-order valence-electron chi connectivity index (χ0n) is 14.0. The Morgan fingerprint density at radius 2 is 1.35 bits per heavy atom. The van der Waals surface area contributed by atoms with E-state index in [4.69, 9.17) is 14.6 Å². The van der Waals surface area contributed by atoms with Crippen molar-refractivity contribution < 1.29 is 29.3 Å². The Balaban J connectivity index is 4.30. The molecule has 0 radical (unpaired) electrons. The Hall–Kier alpha value is -1.66. The number of aliphatic hydroxyl groups is 2. The summed E-state index contributed by atoms with van der Waals surface area (Å²) in [5.41, 5.74) is 0.446. The van der Waals surface area contributed by atoms with E-state index in [2.05, 4.69) is 13.2 Å². The maximum atomic E-state index is 11.6. The number of aliphatic hydroxyl groups excluding tert-OH is 2. The maximum absolute atomic E-state index is 11.6. The van der Waals surface area contributed by atoms with Gasteiger partial charge in [-0.25, -0.2) is 9.59 Å². The fourth-order valence-electron chi connectivity index (χ4n) is 1.74. The Morgan fingerprint density at radius 1 is 0.913 bits per heavy atom. The van der Waals surface area contributed by atoms with Crippen molar-refractivity contribution in [2.24, 2.45) is 0 Å². The van der Waals surface area contributed by atoms with Crippen LogP contribution < -0.4 is 0 Å². The highest BCUT2D eigenvalue weighted by Crippen LogP contribution is 2.14. The molecular weight excluding hydrogens is 300 g/mol. The molecule has 0 aliphatic carbocycles. The molecule has 0 aromatic carbocycles. The first-order valence-electron chi connectivity index (χ1n) is 7.79. The van der Waals surface area contributed by atoms with Crippen LogP contribution in [0, 0.1) is 0 Å². The van der Waals surface area contributed by atoms with Gasteiger partial charge in [0.25, 0.3) is 0 Å². The largest absolute Gasteiger partial charge is 0.422 e. The van der Waals surface area contributed by atoms with Crippen molar-refractivity contribution in [3.63, 3.8) is 0 Å². The number of ether oxygens (including phenoxy) is 2. The molecule has 0 rings (SSSR count). The van der Waals surface area contributed by atoms with Crippen molar-refractivity contribution >= 4 is 11.9 Å². The molecule has 0 saturated heterocycles. The van der Waals surface area contributed by atoms with E-state index in [1.54, 1.807) is 0 Å². The van der Waals surface area contributed by atoms with Crippen LogP contribution in [0.1, 0.15) is 52.4 Å². The van der Waals surface area contributed by atoms with Gasteiger partial charge in [-0.05, 0) is 39.5 Å². The molecule has 23 heavy (non-hydrogen) atoms. The maximum Gasteiger partial charge on any atom is 0.336 e. The van der Waals surface area contributed by atoms with E-state index in [9.17, 15) is 14.7 Å². The highest BCUT2D eigenvalue weighted by molar-refractivity contribution is 5.88. The topological polar surface area (TPSA) is 93.1 Å². The minimum Gasteiger partial charge on any atom is -0.422 e. The van der Waals surface area contributed by atoms with E-state index >= 15 is 0 Å². The van der Waals surface area contributed by atoms with E-state index in [-0.39, 0.29) is 17.8 Å².